The van der Waals surface area contributed by atoms with Crippen molar-refractivity contribution >= 4 is 34.2 Å². The van der Waals surface area contributed by atoms with Crippen molar-refractivity contribution in [1.82, 2.24) is 14.7 Å². The van der Waals surface area contributed by atoms with Gasteiger partial charge in [0.15, 0.2) is 0 Å². The van der Waals surface area contributed by atoms with Crippen LogP contribution in [0, 0.1) is 19.8 Å². The number of carbonyl (C=O) groups excluding carboxylic acids is 1. The van der Waals surface area contributed by atoms with Gasteiger partial charge < -0.3 is 18.7 Å². The fourth-order valence-corrected chi connectivity index (χ4v) is 5.51. The molecule has 0 spiro atoms. The van der Waals surface area contributed by atoms with Crippen LogP contribution in [0.5, 0.6) is 5.75 Å². The van der Waals surface area contributed by atoms with Gasteiger partial charge in [-0.1, -0.05) is 36.7 Å². The van der Waals surface area contributed by atoms with Crippen molar-refractivity contribution < 1.29 is 14.1 Å². The van der Waals surface area contributed by atoms with Crippen molar-refractivity contribution in [2.45, 2.75) is 59.5 Å². The van der Waals surface area contributed by atoms with E-state index in [0.717, 1.165) is 64.5 Å². The number of anilines is 1. The Bertz CT molecular complexity index is 1420. The second-order valence-electron chi connectivity index (χ2n) is 9.87. The molecule has 0 N–H and O–H groups in total. The van der Waals surface area contributed by atoms with E-state index >= 15 is 0 Å². The first-order chi connectivity index (χ1) is 17.3. The Morgan fingerprint density at radius 1 is 1.19 bits per heavy atom. The van der Waals surface area contributed by atoms with Crippen molar-refractivity contribution in [2.24, 2.45) is 5.92 Å². The van der Waals surface area contributed by atoms with Crippen LogP contribution in [0.25, 0.3) is 22.2 Å². The minimum atomic E-state index is -0.190. The van der Waals surface area contributed by atoms with Crippen molar-refractivity contribution in [1.29, 1.82) is 0 Å². The highest BCUT2D eigenvalue weighted by molar-refractivity contribution is 6.32. The second-order valence-corrected chi connectivity index (χ2v) is 10.3. The van der Waals surface area contributed by atoms with Crippen LogP contribution in [0.2, 0.25) is 5.02 Å². The van der Waals surface area contributed by atoms with Gasteiger partial charge in [-0.25, -0.2) is 4.98 Å². The number of aromatic nitrogens is 3. The molecular weight excluding hydrogens is 476 g/mol. The van der Waals surface area contributed by atoms with Gasteiger partial charge in [0.25, 0.3) is 0 Å². The van der Waals surface area contributed by atoms with Crippen LogP contribution >= 0.6 is 11.6 Å². The zero-order chi connectivity index (χ0) is 25.6. The fourth-order valence-electron chi connectivity index (χ4n) is 5.25. The standard InChI is InChI=1S/C28H31ClN4O3/c1-16(2)15-32-23-11-9-19(27-17(3)31-36-18(27)4)13-22(23)30-28(32)24-7-6-8-26(34)33(24)20-10-12-25(35-5)21(29)14-20/h9-14,16,24H,6-8,15H2,1-5H3. The van der Waals surface area contributed by atoms with Gasteiger partial charge >= 0.3 is 0 Å². The maximum Gasteiger partial charge on any atom is 0.227 e. The molecule has 1 aliphatic heterocycles. The van der Waals surface area contributed by atoms with Gasteiger partial charge in [0.2, 0.25) is 5.91 Å². The number of halogens is 1. The highest BCUT2D eigenvalue weighted by Crippen LogP contribution is 2.40. The van der Waals surface area contributed by atoms with Crippen molar-refractivity contribution in [3.8, 4) is 16.9 Å². The molecule has 0 saturated carbocycles. The monoisotopic (exact) mass is 506 g/mol. The van der Waals surface area contributed by atoms with Gasteiger partial charge in [-0.05, 0) is 68.5 Å². The van der Waals surface area contributed by atoms with Gasteiger partial charge in [-0.15, -0.1) is 0 Å². The number of aryl methyl sites for hydroxylation is 2. The van der Waals surface area contributed by atoms with Crippen LogP contribution < -0.4 is 9.64 Å². The smallest absolute Gasteiger partial charge is 0.227 e. The quantitative estimate of drug-likeness (QED) is 0.285. The Hall–Kier alpha value is -3.32. The molecule has 1 amide bonds. The molecule has 1 saturated heterocycles. The number of amides is 1. The summed E-state index contributed by atoms with van der Waals surface area (Å²) in [5.74, 6) is 2.75. The van der Waals surface area contributed by atoms with E-state index in [9.17, 15) is 4.79 Å². The second kappa shape index (κ2) is 9.62. The number of piperidine rings is 1. The van der Waals surface area contributed by atoms with Crippen LogP contribution in [-0.2, 0) is 11.3 Å². The number of imidazole rings is 1. The summed E-state index contributed by atoms with van der Waals surface area (Å²) in [4.78, 5) is 20.3. The summed E-state index contributed by atoms with van der Waals surface area (Å²) in [6, 6.07) is 11.6. The van der Waals surface area contributed by atoms with E-state index < -0.39 is 0 Å². The lowest BCUT2D eigenvalue weighted by molar-refractivity contribution is -0.120. The SMILES string of the molecule is COc1ccc(N2C(=O)CCCC2c2nc3cc(-c4c(C)noc4C)ccc3n2CC(C)C)cc1Cl. The molecule has 188 valence electrons. The van der Waals surface area contributed by atoms with Crippen LogP contribution in [0.1, 0.15) is 56.4 Å². The number of hydrogen-bond acceptors (Lipinski definition) is 5. The first-order valence-electron chi connectivity index (χ1n) is 12.4. The van der Waals surface area contributed by atoms with E-state index in [4.69, 9.17) is 25.8 Å². The summed E-state index contributed by atoms with van der Waals surface area (Å²) < 4.78 is 13.0. The van der Waals surface area contributed by atoms with Gasteiger partial charge in [0.1, 0.15) is 17.3 Å². The van der Waals surface area contributed by atoms with E-state index in [1.165, 1.54) is 0 Å². The Morgan fingerprint density at radius 2 is 2.00 bits per heavy atom. The number of nitrogens with zero attached hydrogens (tertiary/aromatic N) is 4. The molecule has 4 aromatic rings. The molecule has 2 aromatic heterocycles. The minimum absolute atomic E-state index is 0.0760. The first-order valence-corrected chi connectivity index (χ1v) is 12.7. The van der Waals surface area contributed by atoms with Crippen molar-refractivity contribution in [3.63, 3.8) is 0 Å². The molecule has 0 aliphatic carbocycles. The molecular formula is C28H31ClN4O3. The molecule has 2 aromatic carbocycles. The molecule has 3 heterocycles. The van der Waals surface area contributed by atoms with E-state index in [0.29, 0.717) is 23.1 Å². The fraction of sp³-hybridized carbons (Fsp3) is 0.393. The summed E-state index contributed by atoms with van der Waals surface area (Å²) >= 11 is 6.45. The predicted octanol–water partition coefficient (Wildman–Crippen LogP) is 6.88. The Morgan fingerprint density at radius 3 is 2.67 bits per heavy atom. The molecule has 36 heavy (non-hydrogen) atoms. The third-order valence-electron chi connectivity index (χ3n) is 6.81. The molecule has 1 atom stereocenters. The van der Waals surface area contributed by atoms with E-state index in [-0.39, 0.29) is 11.9 Å². The summed E-state index contributed by atoms with van der Waals surface area (Å²) in [7, 11) is 1.58. The number of rotatable bonds is 6. The maximum absolute atomic E-state index is 13.3. The average Bonchev–Trinajstić information content (AvgIpc) is 3.37. The van der Waals surface area contributed by atoms with Crippen molar-refractivity contribution in [2.75, 3.05) is 12.0 Å². The third kappa shape index (κ3) is 4.26. The van der Waals surface area contributed by atoms with Gasteiger partial charge in [0.05, 0.1) is 34.9 Å². The zero-order valence-corrected chi connectivity index (χ0v) is 22.1. The number of hydrogen-bond donors (Lipinski definition) is 0. The predicted molar refractivity (Wildman–Crippen MR) is 142 cm³/mol. The maximum atomic E-state index is 13.3. The highest BCUT2D eigenvalue weighted by Gasteiger charge is 2.34. The molecule has 5 rings (SSSR count). The molecule has 8 heteroatoms. The number of methoxy groups -OCH3 is 1. The number of ether oxygens (including phenoxy) is 1. The average molecular weight is 507 g/mol. The molecule has 7 nitrogen and oxygen atoms in total. The van der Waals surface area contributed by atoms with Crippen LogP contribution in [0.4, 0.5) is 5.69 Å². The third-order valence-corrected chi connectivity index (χ3v) is 7.10. The first kappa shape index (κ1) is 24.4. The van der Waals surface area contributed by atoms with Gasteiger partial charge in [-0.2, -0.15) is 0 Å². The normalized spacial score (nSPS) is 16.4. The number of carbonyl (C=O) groups is 1. The van der Waals surface area contributed by atoms with Crippen LogP contribution in [0.15, 0.2) is 40.9 Å². The minimum Gasteiger partial charge on any atom is -0.495 e. The number of fused-ring (bicyclic) bond motifs is 1. The van der Waals surface area contributed by atoms with Crippen LogP contribution in [-0.4, -0.2) is 27.7 Å². The molecule has 0 bridgehead atoms. The molecule has 1 unspecified atom stereocenters. The lowest BCUT2D eigenvalue weighted by atomic mass is 9.99. The largest absolute Gasteiger partial charge is 0.495 e. The van der Waals surface area contributed by atoms with Gasteiger partial charge in [-0.3, -0.25) is 4.79 Å². The summed E-state index contributed by atoms with van der Waals surface area (Å²) in [5, 5.41) is 4.59. The van der Waals surface area contributed by atoms with E-state index in [1.54, 1.807) is 7.11 Å². The Balaban J connectivity index is 1.65. The Labute approximate surface area is 216 Å². The summed E-state index contributed by atoms with van der Waals surface area (Å²) in [6.45, 7) is 9.07. The number of benzene rings is 2. The Kier molecular flexibility index (Phi) is 6.51. The lowest BCUT2D eigenvalue weighted by Gasteiger charge is -2.36. The molecule has 1 aliphatic rings. The highest BCUT2D eigenvalue weighted by atomic mass is 35.5. The molecule has 1 fully saturated rings. The van der Waals surface area contributed by atoms with Gasteiger partial charge in [0, 0.05) is 24.2 Å². The van der Waals surface area contributed by atoms with Crippen molar-refractivity contribution in [3.05, 3.63) is 58.7 Å². The van der Waals surface area contributed by atoms with E-state index in [1.807, 2.05) is 36.9 Å². The topological polar surface area (TPSA) is 73.4 Å². The lowest BCUT2D eigenvalue weighted by Crippen LogP contribution is -2.39. The zero-order valence-electron chi connectivity index (χ0n) is 21.3. The van der Waals surface area contributed by atoms with E-state index in [2.05, 4.69) is 41.8 Å². The summed E-state index contributed by atoms with van der Waals surface area (Å²) in [5.41, 5.74) is 5.59. The molecule has 0 radical (unpaired) electrons. The summed E-state index contributed by atoms with van der Waals surface area (Å²) in [6.07, 6.45) is 2.15. The van der Waals surface area contributed by atoms with Crippen LogP contribution in [0.3, 0.4) is 0 Å².